The Labute approximate surface area is 278 Å². The van der Waals surface area contributed by atoms with Crippen molar-refractivity contribution < 1.29 is 37.1 Å². The van der Waals surface area contributed by atoms with Gasteiger partial charge in [0.1, 0.15) is 5.60 Å². The number of carbonyl (C=O) groups excluding carboxylic acids is 2. The molecule has 4 aliphatic rings. The first-order chi connectivity index (χ1) is 20.7. The van der Waals surface area contributed by atoms with E-state index in [0.717, 1.165) is 62.9 Å². The Kier molecular flexibility index (Phi) is 12.1. The van der Waals surface area contributed by atoms with Gasteiger partial charge in [-0.05, 0) is 92.2 Å². The van der Waals surface area contributed by atoms with Crippen LogP contribution in [0.5, 0.6) is 0 Å². The van der Waals surface area contributed by atoms with Gasteiger partial charge in [-0.1, -0.05) is 42.7 Å². The number of ketones is 1. The molecular formula is C34H41N2O4S2Tc+. The predicted octanol–water partition coefficient (Wildman–Crippen LogP) is 5.02. The van der Waals surface area contributed by atoms with Gasteiger partial charge in [0.25, 0.3) is 0 Å². The fourth-order valence-electron chi connectivity index (χ4n) is 8.24. The molecule has 0 spiro atoms. The van der Waals surface area contributed by atoms with Crippen molar-refractivity contribution in [3.8, 4) is 11.8 Å². The first-order valence-corrected chi connectivity index (χ1v) is 17.1. The van der Waals surface area contributed by atoms with Gasteiger partial charge >= 0.3 is 22.4 Å². The molecule has 2 fully saturated rings. The van der Waals surface area contributed by atoms with E-state index in [9.17, 15) is 14.7 Å². The number of nitrogens with zero attached hydrogens (tertiary/aromatic N) is 2. The standard InChI is InChI=1S/C34H44N2O3S2.O.Tc/c1-3-13-34(39)14-12-30-28-10-8-25-19-26(37)9-11-27(25)32(28)29(20-33(30,34)2)24-6-4-23(5-7-24)21-36(16-18-41)22-31(38)35-15-17-40;;/h4-7,19,28-30,39H,8-12,14-18,20-22H2,1-2H3,(H3,35,38,40,41);;/q;;+4/p-3/t28?,29-,30+,33+,34+;;/m1../s1/i;;1+1. The maximum atomic E-state index is 12.3. The van der Waals surface area contributed by atoms with Gasteiger partial charge in [0, 0.05) is 30.8 Å². The summed E-state index contributed by atoms with van der Waals surface area (Å²) in [5.41, 5.74) is 5.27. The number of aliphatic hydroxyl groups is 1. The molecule has 2 saturated carbocycles. The van der Waals surface area contributed by atoms with Crippen LogP contribution in [0.15, 0.2) is 47.1 Å². The Morgan fingerprint density at radius 2 is 1.88 bits per heavy atom. The second-order valence-electron chi connectivity index (χ2n) is 12.4. The van der Waals surface area contributed by atoms with E-state index in [1.165, 1.54) is 22.3 Å². The zero-order valence-corrected chi connectivity index (χ0v) is 28.6. The molecule has 1 N–H and O–H groups in total. The third-order valence-electron chi connectivity index (χ3n) is 10.2. The molecule has 0 heterocycles. The number of hydrogen-bond acceptors (Lipinski definition) is 7. The molecule has 0 bridgehead atoms. The summed E-state index contributed by atoms with van der Waals surface area (Å²) in [4.78, 5) is 26.7. The number of fused-ring (bicyclic) bond motifs is 4. The van der Waals surface area contributed by atoms with Crippen molar-refractivity contribution in [3.63, 3.8) is 0 Å². The molecule has 1 amide bonds. The van der Waals surface area contributed by atoms with Crippen LogP contribution in [-0.4, -0.2) is 58.4 Å². The Morgan fingerprint density at radius 1 is 1.14 bits per heavy atom. The molecule has 0 saturated heterocycles. The van der Waals surface area contributed by atoms with Gasteiger partial charge in [0.05, 0.1) is 5.91 Å². The van der Waals surface area contributed by atoms with Crippen molar-refractivity contribution in [3.05, 3.63) is 63.5 Å². The molecule has 43 heavy (non-hydrogen) atoms. The van der Waals surface area contributed by atoms with Crippen LogP contribution in [-0.2, 0) is 63.8 Å². The zero-order chi connectivity index (χ0) is 31.2. The van der Waals surface area contributed by atoms with Gasteiger partial charge in [-0.3, -0.25) is 9.69 Å². The molecule has 0 aromatic heterocycles. The molecule has 4 aliphatic carbocycles. The SMILES string of the molecule is CC#C[C@]1(O)CC[C@H]2C3CCC4=CC(=O)CCC4=C3[C@@H](c3ccc(CN(CC[S-])CC(=O)[N-]CC[S-])cc3)C[C@@]21C.[O]=[99Tc+4]. The number of amides is 1. The van der Waals surface area contributed by atoms with Gasteiger partial charge in [0.2, 0.25) is 0 Å². The van der Waals surface area contributed by atoms with E-state index in [4.69, 9.17) is 28.8 Å². The molecule has 1 unspecified atom stereocenters. The van der Waals surface area contributed by atoms with Crippen molar-refractivity contribution in [2.75, 3.05) is 31.1 Å². The molecule has 229 valence electrons. The van der Waals surface area contributed by atoms with Gasteiger partial charge in [-0.15, -0.1) is 5.92 Å². The minimum absolute atomic E-state index is 0.147. The van der Waals surface area contributed by atoms with Crippen LogP contribution in [0.4, 0.5) is 0 Å². The van der Waals surface area contributed by atoms with Crippen LogP contribution in [0.1, 0.15) is 75.8 Å². The van der Waals surface area contributed by atoms with E-state index in [2.05, 4.69) is 53.2 Å². The summed E-state index contributed by atoms with van der Waals surface area (Å²) in [7, 11) is 0. The van der Waals surface area contributed by atoms with E-state index in [-0.39, 0.29) is 29.6 Å². The third kappa shape index (κ3) is 7.16. The summed E-state index contributed by atoms with van der Waals surface area (Å²) >= 11 is 11.0. The first-order valence-electron chi connectivity index (χ1n) is 15.2. The fourth-order valence-corrected chi connectivity index (χ4v) is 8.59. The van der Waals surface area contributed by atoms with E-state index in [1.807, 2.05) is 13.0 Å². The summed E-state index contributed by atoms with van der Waals surface area (Å²) in [6.45, 7) is 6.01. The van der Waals surface area contributed by atoms with Crippen LogP contribution in [0.3, 0.4) is 0 Å². The summed E-state index contributed by atoms with van der Waals surface area (Å²) in [5.74, 6) is 8.34. The Balaban J connectivity index is 0.00000207. The predicted molar refractivity (Wildman–Crippen MR) is 169 cm³/mol. The van der Waals surface area contributed by atoms with Crippen LogP contribution < -0.4 is 0 Å². The number of benzene rings is 1. The summed E-state index contributed by atoms with van der Waals surface area (Å²) in [5, 5.41) is 15.9. The number of hydrogen-bond donors (Lipinski definition) is 1. The van der Waals surface area contributed by atoms with E-state index < -0.39 is 5.60 Å². The third-order valence-corrected chi connectivity index (χ3v) is 10.5. The molecule has 5 rings (SSSR count). The topological polar surface area (TPSA) is 88.8 Å². The number of rotatable bonds is 9. The van der Waals surface area contributed by atoms with E-state index in [0.29, 0.717) is 49.4 Å². The molecule has 1 aromatic carbocycles. The Morgan fingerprint density at radius 3 is 2.56 bits per heavy atom. The fraction of sp³-hybridized carbons (Fsp3) is 0.588. The van der Waals surface area contributed by atoms with Crippen LogP contribution in [0.2, 0.25) is 0 Å². The second-order valence-corrected chi connectivity index (χ2v) is 13.2. The molecule has 9 heteroatoms. The van der Waals surface area contributed by atoms with Crippen LogP contribution >= 0.6 is 0 Å². The summed E-state index contributed by atoms with van der Waals surface area (Å²) in [6.07, 6.45) is 7.85. The van der Waals surface area contributed by atoms with Gasteiger partial charge in [-0.25, -0.2) is 0 Å². The van der Waals surface area contributed by atoms with E-state index >= 15 is 0 Å². The van der Waals surface area contributed by atoms with Crippen molar-refractivity contribution in [2.45, 2.75) is 76.9 Å². The monoisotopic (exact) mass is 704 g/mol. The van der Waals surface area contributed by atoms with Crippen molar-refractivity contribution >= 4 is 36.9 Å². The average molecular weight is 705 g/mol. The minimum atomic E-state index is -0.979. The number of allylic oxidation sites excluding steroid dienone is 4. The summed E-state index contributed by atoms with van der Waals surface area (Å²) < 4.78 is 8.22. The maximum absolute atomic E-state index is 12.3. The average Bonchev–Trinajstić information content (AvgIpc) is 3.26. The quantitative estimate of drug-likeness (QED) is 0.286. The summed E-state index contributed by atoms with van der Waals surface area (Å²) in [6, 6.07) is 8.80. The number of carbonyl (C=O) groups is 2. The van der Waals surface area contributed by atoms with Gasteiger partial charge in [-0.2, -0.15) is 18.1 Å². The van der Waals surface area contributed by atoms with E-state index in [1.54, 1.807) is 0 Å². The van der Waals surface area contributed by atoms with Crippen molar-refractivity contribution in [1.82, 2.24) is 4.90 Å². The van der Waals surface area contributed by atoms with Crippen LogP contribution in [0, 0.1) is 29.1 Å². The molecule has 5 atom stereocenters. The molecule has 0 aliphatic heterocycles. The Bertz CT molecular complexity index is 1320. The van der Waals surface area contributed by atoms with Crippen LogP contribution in [0.25, 0.3) is 5.32 Å². The van der Waals surface area contributed by atoms with Crippen molar-refractivity contribution in [2.24, 2.45) is 17.3 Å². The molecule has 1 aromatic rings. The second kappa shape index (κ2) is 15.2. The Hall–Kier alpha value is -1.53. The zero-order valence-electron chi connectivity index (χ0n) is 25.1. The normalized spacial score (nSPS) is 29.3. The first kappa shape index (κ1) is 34.3. The van der Waals surface area contributed by atoms with Gasteiger partial charge < -0.3 is 40.5 Å². The van der Waals surface area contributed by atoms with Crippen molar-refractivity contribution in [1.29, 1.82) is 0 Å². The molecule has 6 nitrogen and oxygen atoms in total. The van der Waals surface area contributed by atoms with Gasteiger partial charge in [0.15, 0.2) is 5.78 Å². The molecular weight excluding hydrogens is 663 g/mol. The molecule has 0 radical (unpaired) electrons.